The van der Waals surface area contributed by atoms with E-state index in [2.05, 4.69) is 40.1 Å². The standard InChI is InChI=1S/C21H29N5O2/c1-3-9-26(10-4-2)21(27)18-15-23-20(16-22-18)24-17-7-5-6-8-19(17)25-11-13-28-14-12-25/h5-8,15-16H,3-4,9-14H2,1-2H3,(H,23,24). The summed E-state index contributed by atoms with van der Waals surface area (Å²) in [5.74, 6) is 0.561. The number of hydrogen-bond donors (Lipinski definition) is 1. The third-order valence-electron chi connectivity index (χ3n) is 4.66. The van der Waals surface area contributed by atoms with Gasteiger partial charge in [0, 0.05) is 26.2 Å². The molecule has 1 N–H and O–H groups in total. The summed E-state index contributed by atoms with van der Waals surface area (Å²) >= 11 is 0. The van der Waals surface area contributed by atoms with Crippen LogP contribution in [0, 0.1) is 0 Å². The van der Waals surface area contributed by atoms with Gasteiger partial charge < -0.3 is 19.9 Å². The minimum absolute atomic E-state index is 0.0588. The normalized spacial score (nSPS) is 14.0. The van der Waals surface area contributed by atoms with Gasteiger partial charge in [0.1, 0.15) is 11.5 Å². The number of amides is 1. The van der Waals surface area contributed by atoms with Crippen molar-refractivity contribution in [1.82, 2.24) is 14.9 Å². The summed E-state index contributed by atoms with van der Waals surface area (Å²) in [6.07, 6.45) is 5.04. The third-order valence-corrected chi connectivity index (χ3v) is 4.66. The molecule has 1 aromatic carbocycles. The van der Waals surface area contributed by atoms with E-state index in [0.717, 1.165) is 63.6 Å². The Morgan fingerprint density at radius 3 is 2.46 bits per heavy atom. The second-order valence-electron chi connectivity index (χ2n) is 6.82. The molecule has 1 saturated heterocycles. The van der Waals surface area contributed by atoms with E-state index in [-0.39, 0.29) is 5.91 Å². The average Bonchev–Trinajstić information content (AvgIpc) is 2.75. The van der Waals surface area contributed by atoms with E-state index in [9.17, 15) is 4.79 Å². The van der Waals surface area contributed by atoms with Gasteiger partial charge in [-0.3, -0.25) is 4.79 Å². The zero-order valence-electron chi connectivity index (χ0n) is 16.7. The molecule has 1 aliphatic rings. The van der Waals surface area contributed by atoms with Crippen LogP contribution in [0.3, 0.4) is 0 Å². The van der Waals surface area contributed by atoms with Crippen molar-refractivity contribution < 1.29 is 9.53 Å². The second kappa shape index (κ2) is 10.0. The molecule has 3 rings (SSSR count). The van der Waals surface area contributed by atoms with E-state index >= 15 is 0 Å². The molecule has 0 atom stereocenters. The molecule has 0 saturated carbocycles. The molecule has 0 spiro atoms. The largest absolute Gasteiger partial charge is 0.378 e. The molecule has 1 aliphatic heterocycles. The van der Waals surface area contributed by atoms with Crippen molar-refractivity contribution >= 4 is 23.1 Å². The molecule has 2 aromatic rings. The average molecular weight is 383 g/mol. The Bertz CT molecular complexity index is 754. The van der Waals surface area contributed by atoms with Gasteiger partial charge in [0.15, 0.2) is 0 Å². The molecule has 1 amide bonds. The maximum absolute atomic E-state index is 12.6. The number of ether oxygens (including phenoxy) is 1. The molecular weight excluding hydrogens is 354 g/mol. The molecule has 0 aliphatic carbocycles. The molecule has 0 bridgehead atoms. The molecular formula is C21H29N5O2. The number of anilines is 3. The van der Waals surface area contributed by atoms with Gasteiger partial charge in [0.05, 0.1) is 37.0 Å². The fourth-order valence-corrected chi connectivity index (χ4v) is 3.32. The highest BCUT2D eigenvalue weighted by Crippen LogP contribution is 2.28. The topological polar surface area (TPSA) is 70.6 Å². The number of nitrogens with zero attached hydrogens (tertiary/aromatic N) is 4. The zero-order chi connectivity index (χ0) is 19.8. The highest BCUT2D eigenvalue weighted by molar-refractivity contribution is 5.92. The Morgan fingerprint density at radius 2 is 1.82 bits per heavy atom. The van der Waals surface area contributed by atoms with Crippen LogP contribution in [0.4, 0.5) is 17.2 Å². The Hall–Kier alpha value is -2.67. The van der Waals surface area contributed by atoms with Crippen LogP contribution in [-0.2, 0) is 4.74 Å². The van der Waals surface area contributed by atoms with Gasteiger partial charge in [-0.15, -0.1) is 0 Å². The first-order valence-electron chi connectivity index (χ1n) is 10.0. The maximum atomic E-state index is 12.6. The number of carbonyl (C=O) groups excluding carboxylic acids is 1. The van der Waals surface area contributed by atoms with Gasteiger partial charge in [-0.05, 0) is 25.0 Å². The lowest BCUT2D eigenvalue weighted by atomic mass is 10.2. The van der Waals surface area contributed by atoms with Crippen molar-refractivity contribution in [2.24, 2.45) is 0 Å². The number of para-hydroxylation sites is 2. The zero-order valence-corrected chi connectivity index (χ0v) is 16.7. The summed E-state index contributed by atoms with van der Waals surface area (Å²) in [6.45, 7) is 8.81. The van der Waals surface area contributed by atoms with E-state index in [1.165, 1.54) is 0 Å². The molecule has 0 unspecified atom stereocenters. The molecule has 2 heterocycles. The number of aromatic nitrogens is 2. The molecule has 0 radical (unpaired) electrons. The van der Waals surface area contributed by atoms with E-state index in [1.807, 2.05) is 23.1 Å². The molecule has 1 fully saturated rings. The number of nitrogens with one attached hydrogen (secondary N) is 1. The van der Waals surface area contributed by atoms with Crippen LogP contribution in [0.2, 0.25) is 0 Å². The highest BCUT2D eigenvalue weighted by Gasteiger charge is 2.17. The summed E-state index contributed by atoms with van der Waals surface area (Å²) in [7, 11) is 0. The Kier molecular flexibility index (Phi) is 7.19. The Balaban J connectivity index is 1.72. The van der Waals surface area contributed by atoms with E-state index in [0.29, 0.717) is 11.5 Å². The Morgan fingerprint density at radius 1 is 1.11 bits per heavy atom. The van der Waals surface area contributed by atoms with Crippen molar-refractivity contribution in [3.8, 4) is 0 Å². The van der Waals surface area contributed by atoms with Gasteiger partial charge in [-0.2, -0.15) is 0 Å². The third kappa shape index (κ3) is 4.98. The van der Waals surface area contributed by atoms with Gasteiger partial charge >= 0.3 is 0 Å². The van der Waals surface area contributed by atoms with E-state index in [4.69, 9.17) is 4.74 Å². The SMILES string of the molecule is CCCN(CCC)C(=O)c1cnc(Nc2ccccc2N2CCOCC2)cn1. The first-order chi connectivity index (χ1) is 13.7. The molecule has 7 nitrogen and oxygen atoms in total. The van der Waals surface area contributed by atoms with Gasteiger partial charge in [-0.25, -0.2) is 9.97 Å². The smallest absolute Gasteiger partial charge is 0.274 e. The lowest BCUT2D eigenvalue weighted by Gasteiger charge is -2.30. The molecule has 28 heavy (non-hydrogen) atoms. The summed E-state index contributed by atoms with van der Waals surface area (Å²) in [4.78, 5) is 25.5. The quantitative estimate of drug-likeness (QED) is 0.754. The first kappa shape index (κ1) is 20.1. The van der Waals surface area contributed by atoms with Crippen LogP contribution in [0.15, 0.2) is 36.7 Å². The van der Waals surface area contributed by atoms with E-state index in [1.54, 1.807) is 12.4 Å². The molecule has 150 valence electrons. The molecule has 1 aromatic heterocycles. The number of carbonyl (C=O) groups is 1. The predicted molar refractivity (Wildman–Crippen MR) is 111 cm³/mol. The van der Waals surface area contributed by atoms with Gasteiger partial charge in [0.2, 0.25) is 0 Å². The van der Waals surface area contributed by atoms with Crippen LogP contribution in [0.25, 0.3) is 0 Å². The second-order valence-corrected chi connectivity index (χ2v) is 6.82. The van der Waals surface area contributed by atoms with Gasteiger partial charge in [0.25, 0.3) is 5.91 Å². The summed E-state index contributed by atoms with van der Waals surface area (Å²) < 4.78 is 5.45. The number of morpholine rings is 1. The van der Waals surface area contributed by atoms with Crippen LogP contribution < -0.4 is 10.2 Å². The maximum Gasteiger partial charge on any atom is 0.274 e. The number of hydrogen-bond acceptors (Lipinski definition) is 6. The van der Waals surface area contributed by atoms with Gasteiger partial charge in [-0.1, -0.05) is 26.0 Å². The number of benzene rings is 1. The summed E-state index contributed by atoms with van der Waals surface area (Å²) in [6, 6.07) is 8.13. The Labute approximate surface area is 166 Å². The lowest BCUT2D eigenvalue weighted by Crippen LogP contribution is -2.36. The fraction of sp³-hybridized carbons (Fsp3) is 0.476. The fourth-order valence-electron chi connectivity index (χ4n) is 3.32. The monoisotopic (exact) mass is 383 g/mol. The first-order valence-corrected chi connectivity index (χ1v) is 10.0. The van der Waals surface area contributed by atoms with Crippen molar-refractivity contribution in [2.75, 3.05) is 49.6 Å². The van der Waals surface area contributed by atoms with Crippen molar-refractivity contribution in [2.45, 2.75) is 26.7 Å². The molecule has 7 heteroatoms. The minimum atomic E-state index is -0.0588. The van der Waals surface area contributed by atoms with Crippen LogP contribution in [0.1, 0.15) is 37.2 Å². The van der Waals surface area contributed by atoms with E-state index < -0.39 is 0 Å². The van der Waals surface area contributed by atoms with Crippen LogP contribution >= 0.6 is 0 Å². The highest BCUT2D eigenvalue weighted by atomic mass is 16.5. The summed E-state index contributed by atoms with van der Waals surface area (Å²) in [5.41, 5.74) is 2.47. The predicted octanol–water partition coefficient (Wildman–Crippen LogP) is 3.32. The number of rotatable bonds is 8. The summed E-state index contributed by atoms with van der Waals surface area (Å²) in [5, 5.41) is 3.33. The van der Waals surface area contributed by atoms with Crippen molar-refractivity contribution in [3.05, 3.63) is 42.4 Å². The lowest BCUT2D eigenvalue weighted by molar-refractivity contribution is 0.0749. The van der Waals surface area contributed by atoms with Crippen LogP contribution in [0.5, 0.6) is 0 Å². The van der Waals surface area contributed by atoms with Crippen LogP contribution in [-0.4, -0.2) is 60.2 Å². The van der Waals surface area contributed by atoms with Crippen molar-refractivity contribution in [3.63, 3.8) is 0 Å². The minimum Gasteiger partial charge on any atom is -0.378 e. The van der Waals surface area contributed by atoms with Crippen molar-refractivity contribution in [1.29, 1.82) is 0 Å².